The number of fused-ring (bicyclic) bond motifs is 12. The van der Waals surface area contributed by atoms with Crippen molar-refractivity contribution in [2.24, 2.45) is 0 Å². The van der Waals surface area contributed by atoms with Gasteiger partial charge in [0.2, 0.25) is 0 Å². The third-order valence-corrected chi connectivity index (χ3v) is 17.0. The summed E-state index contributed by atoms with van der Waals surface area (Å²) in [7, 11) is 0. The quantitative estimate of drug-likeness (QED) is 0.160. The molecule has 3 aliphatic carbocycles. The monoisotopic (exact) mass is 966 g/mol. The van der Waals surface area contributed by atoms with Crippen LogP contribution in [0.1, 0.15) is 67.5 Å². The Morgan fingerprint density at radius 1 is 0.237 bits per heavy atom. The smallest absolute Gasteiger partial charge is 0.152 e. The van der Waals surface area contributed by atoms with E-state index in [9.17, 15) is 0 Å². The molecule has 0 amide bonds. The van der Waals surface area contributed by atoms with Gasteiger partial charge in [-0.1, -0.05) is 249 Å². The van der Waals surface area contributed by atoms with E-state index in [-0.39, 0.29) is 0 Å². The molecule has 0 bridgehead atoms. The first kappa shape index (κ1) is 42.7. The zero-order valence-corrected chi connectivity index (χ0v) is 41.3. The number of rotatable bonds is 7. The lowest BCUT2D eigenvalue weighted by molar-refractivity contribution is 0.581. The van der Waals surface area contributed by atoms with Crippen LogP contribution in [-0.4, -0.2) is 19.5 Å². The van der Waals surface area contributed by atoms with E-state index in [0.717, 1.165) is 83.3 Å². The van der Waals surface area contributed by atoms with Gasteiger partial charge in [-0.15, -0.1) is 0 Å². The van der Waals surface area contributed by atoms with Crippen molar-refractivity contribution in [2.45, 2.75) is 16.2 Å². The second-order valence-electron chi connectivity index (χ2n) is 20.5. The minimum atomic E-state index is -1.03. The Morgan fingerprint density at radius 2 is 0.539 bits per heavy atom. The highest BCUT2D eigenvalue weighted by Crippen LogP contribution is 2.61. The third-order valence-electron chi connectivity index (χ3n) is 17.0. The lowest BCUT2D eigenvalue weighted by Crippen LogP contribution is -2.40. The number of benzene rings is 11. The van der Waals surface area contributed by atoms with Crippen LogP contribution < -0.4 is 0 Å². The Hall–Kier alpha value is -9.77. The van der Waals surface area contributed by atoms with Crippen LogP contribution in [-0.2, 0) is 16.2 Å². The van der Waals surface area contributed by atoms with Crippen LogP contribution in [0.2, 0.25) is 0 Å². The minimum Gasteiger partial charge on any atom is -0.309 e. The summed E-state index contributed by atoms with van der Waals surface area (Å²) in [6.45, 7) is 0. The molecule has 76 heavy (non-hydrogen) atoms. The van der Waals surface area contributed by atoms with Crippen molar-refractivity contribution in [2.75, 3.05) is 0 Å². The summed E-state index contributed by atoms with van der Waals surface area (Å²) in [6, 6.07) is 102. The van der Waals surface area contributed by atoms with Gasteiger partial charge in [0.05, 0.1) is 11.0 Å². The number of hydrogen-bond donors (Lipinski definition) is 0. The molecule has 11 aromatic carbocycles. The molecule has 354 valence electrons. The zero-order valence-electron chi connectivity index (χ0n) is 41.3. The van der Waals surface area contributed by atoms with Crippen molar-refractivity contribution in [3.05, 3.63) is 347 Å². The molecule has 0 aliphatic heterocycles. The summed E-state index contributed by atoms with van der Waals surface area (Å²) in [5.41, 5.74) is 17.6. The fraction of sp³-hybridized carbons (Fsp3) is 0.0417. The van der Waals surface area contributed by atoms with Crippen LogP contribution in [0.15, 0.2) is 279 Å². The first-order valence-electron chi connectivity index (χ1n) is 26.3. The van der Waals surface area contributed by atoms with Crippen LogP contribution in [0.4, 0.5) is 0 Å². The van der Waals surface area contributed by atoms with E-state index in [1.54, 1.807) is 0 Å². The highest BCUT2D eigenvalue weighted by molar-refractivity contribution is 6.10. The first-order valence-corrected chi connectivity index (χ1v) is 26.3. The molecule has 16 rings (SSSR count). The van der Waals surface area contributed by atoms with Crippen molar-refractivity contribution in [1.82, 2.24) is 19.5 Å². The maximum Gasteiger partial charge on any atom is 0.152 e. The predicted octanol–water partition coefficient (Wildman–Crippen LogP) is 16.1. The summed E-state index contributed by atoms with van der Waals surface area (Å²) in [5.74, 6) is 2.03. The van der Waals surface area contributed by atoms with Crippen molar-refractivity contribution in [3.8, 4) is 39.1 Å². The molecule has 2 aromatic heterocycles. The highest BCUT2D eigenvalue weighted by atomic mass is 15.1. The van der Waals surface area contributed by atoms with Crippen LogP contribution in [0.3, 0.4) is 0 Å². The standard InChI is InChI=1S/C72H46N4/c1-4-24-47(25-5-1)70(59-37-17-10-30-51(59)52-31-11-18-38-60(52)70)67-73-68(71(48-26-6-2-7-27-48)61-39-19-12-32-53(61)54-33-13-20-40-62(54)71)75-69(74-67)72(63-41-21-14-34-55(63)56-35-15-22-42-64(56)72)49-44-45-66-58(46-49)57-36-16-23-43-65(57)76(66)50-28-8-3-9-29-50/h1-46H. The van der Waals surface area contributed by atoms with Gasteiger partial charge in [-0.2, -0.15) is 0 Å². The molecule has 2 heterocycles. The average Bonchev–Trinajstić information content (AvgIpc) is 4.32. The molecule has 13 aromatic rings. The number of aromatic nitrogens is 4. The highest BCUT2D eigenvalue weighted by Gasteiger charge is 2.56. The van der Waals surface area contributed by atoms with E-state index in [4.69, 9.17) is 15.0 Å². The second-order valence-corrected chi connectivity index (χ2v) is 20.5. The van der Waals surface area contributed by atoms with Gasteiger partial charge >= 0.3 is 0 Å². The van der Waals surface area contributed by atoms with Crippen molar-refractivity contribution < 1.29 is 0 Å². The third kappa shape index (κ3) is 5.49. The van der Waals surface area contributed by atoms with Gasteiger partial charge < -0.3 is 4.57 Å². The number of nitrogens with zero attached hydrogens (tertiary/aromatic N) is 4. The van der Waals surface area contributed by atoms with E-state index in [1.807, 2.05) is 0 Å². The van der Waals surface area contributed by atoms with Crippen LogP contribution in [0, 0.1) is 0 Å². The Bertz CT molecular complexity index is 4190. The number of hydrogen-bond acceptors (Lipinski definition) is 3. The Kier molecular flexibility index (Phi) is 9.06. The molecule has 0 atom stereocenters. The topological polar surface area (TPSA) is 43.6 Å². The van der Waals surface area contributed by atoms with E-state index in [1.165, 1.54) is 27.6 Å². The van der Waals surface area contributed by atoms with E-state index < -0.39 is 16.2 Å². The summed E-state index contributed by atoms with van der Waals surface area (Å²) >= 11 is 0. The molecular weight excluding hydrogens is 921 g/mol. The van der Waals surface area contributed by atoms with Crippen molar-refractivity contribution in [1.29, 1.82) is 0 Å². The summed E-state index contributed by atoms with van der Waals surface area (Å²) in [6.07, 6.45) is 0. The molecule has 3 aliphatic rings. The van der Waals surface area contributed by atoms with Gasteiger partial charge in [0.1, 0.15) is 16.2 Å². The maximum atomic E-state index is 6.27. The molecule has 0 spiro atoms. The minimum absolute atomic E-state index is 0.672. The van der Waals surface area contributed by atoms with E-state index in [0.29, 0.717) is 17.5 Å². The molecule has 4 heteroatoms. The van der Waals surface area contributed by atoms with E-state index >= 15 is 0 Å². The van der Waals surface area contributed by atoms with E-state index in [2.05, 4.69) is 284 Å². The molecule has 4 nitrogen and oxygen atoms in total. The normalized spacial score (nSPS) is 14.6. The van der Waals surface area contributed by atoms with Gasteiger partial charge in [0.15, 0.2) is 17.5 Å². The number of para-hydroxylation sites is 2. The average molecular weight is 967 g/mol. The SMILES string of the molecule is c1ccc(-n2c3ccccc3c3cc(C4(c5nc(C6(c7ccccc7)c7ccccc7-c7ccccc76)nc(C6(c7ccccc7)c7ccccc7-c7ccccc76)n5)c5ccccc5-c5ccccc54)ccc32)cc1. The van der Waals surface area contributed by atoms with Crippen LogP contribution in [0.25, 0.3) is 60.9 Å². The first-order chi connectivity index (χ1) is 37.7. The van der Waals surface area contributed by atoms with Gasteiger partial charge in [-0.3, -0.25) is 0 Å². The molecule has 0 radical (unpaired) electrons. The van der Waals surface area contributed by atoms with Gasteiger partial charge in [-0.25, -0.2) is 15.0 Å². The molecule has 0 saturated carbocycles. The summed E-state index contributed by atoms with van der Waals surface area (Å²) in [5, 5.41) is 2.34. The molecule has 0 saturated heterocycles. The van der Waals surface area contributed by atoms with Crippen LogP contribution in [0.5, 0.6) is 0 Å². The zero-order chi connectivity index (χ0) is 50.0. The molecular formula is C72H46N4. The Balaban J connectivity index is 1.12. The Morgan fingerprint density at radius 3 is 0.934 bits per heavy atom. The summed E-state index contributed by atoms with van der Waals surface area (Å²) in [4.78, 5) is 18.7. The fourth-order valence-corrected chi connectivity index (χ4v) is 14.1. The molecule has 0 fully saturated rings. The predicted molar refractivity (Wildman–Crippen MR) is 306 cm³/mol. The molecule has 0 N–H and O–H groups in total. The van der Waals surface area contributed by atoms with Crippen LogP contribution >= 0.6 is 0 Å². The second kappa shape index (κ2) is 16.1. The lowest BCUT2D eigenvalue weighted by Gasteiger charge is -2.38. The van der Waals surface area contributed by atoms with Crippen molar-refractivity contribution in [3.63, 3.8) is 0 Å². The van der Waals surface area contributed by atoms with Gasteiger partial charge in [0.25, 0.3) is 0 Å². The summed E-state index contributed by atoms with van der Waals surface area (Å²) < 4.78 is 2.40. The fourth-order valence-electron chi connectivity index (χ4n) is 14.1. The maximum absolute atomic E-state index is 6.27. The molecule has 0 unspecified atom stereocenters. The van der Waals surface area contributed by atoms with Gasteiger partial charge in [-0.05, 0) is 114 Å². The largest absolute Gasteiger partial charge is 0.309 e. The van der Waals surface area contributed by atoms with Gasteiger partial charge in [0, 0.05) is 16.5 Å². The lowest BCUT2D eigenvalue weighted by atomic mass is 9.68. The Labute approximate surface area is 441 Å². The van der Waals surface area contributed by atoms with Crippen molar-refractivity contribution >= 4 is 21.8 Å².